The lowest BCUT2D eigenvalue weighted by Crippen LogP contribution is -2.45. The molecule has 1 atom stereocenters. The maximum absolute atomic E-state index is 12.9. The van der Waals surface area contributed by atoms with Crippen molar-refractivity contribution >= 4 is 50.5 Å². The summed E-state index contributed by atoms with van der Waals surface area (Å²) in [6.07, 6.45) is 2.36. The SMILES string of the molecule is CNc1ccc2sc(C(=O)Nc3ccccc3C(=O)NC3CCCCNC3=O)cc2c1. The van der Waals surface area contributed by atoms with E-state index in [0.29, 0.717) is 29.1 Å². The average Bonchev–Trinajstić information content (AvgIpc) is 3.11. The molecule has 0 bridgehead atoms. The van der Waals surface area contributed by atoms with Gasteiger partial charge in [-0.15, -0.1) is 11.3 Å². The molecule has 0 aliphatic carbocycles. The Balaban J connectivity index is 1.52. The molecule has 160 valence electrons. The number of para-hydroxylation sites is 1. The molecule has 3 aromatic rings. The van der Waals surface area contributed by atoms with Crippen molar-refractivity contribution in [3.05, 3.63) is 59.0 Å². The van der Waals surface area contributed by atoms with Crippen LogP contribution in [0.4, 0.5) is 11.4 Å². The zero-order valence-corrected chi connectivity index (χ0v) is 18.0. The van der Waals surface area contributed by atoms with Gasteiger partial charge in [-0.05, 0) is 61.0 Å². The fraction of sp³-hybridized carbons (Fsp3) is 0.261. The summed E-state index contributed by atoms with van der Waals surface area (Å²) < 4.78 is 1.01. The second-order valence-corrected chi connectivity index (χ2v) is 8.51. The molecule has 2 aromatic carbocycles. The molecule has 1 aliphatic rings. The van der Waals surface area contributed by atoms with Gasteiger partial charge in [0.25, 0.3) is 11.8 Å². The monoisotopic (exact) mass is 436 g/mol. The van der Waals surface area contributed by atoms with Crippen molar-refractivity contribution in [3.63, 3.8) is 0 Å². The Morgan fingerprint density at radius 2 is 1.90 bits per heavy atom. The summed E-state index contributed by atoms with van der Waals surface area (Å²) in [5, 5.41) is 12.5. The highest BCUT2D eigenvalue weighted by molar-refractivity contribution is 7.20. The number of anilines is 2. The van der Waals surface area contributed by atoms with E-state index >= 15 is 0 Å². The van der Waals surface area contributed by atoms with Crippen molar-refractivity contribution in [2.45, 2.75) is 25.3 Å². The number of nitrogens with one attached hydrogen (secondary N) is 4. The van der Waals surface area contributed by atoms with Crippen molar-refractivity contribution in [3.8, 4) is 0 Å². The van der Waals surface area contributed by atoms with Gasteiger partial charge in [-0.2, -0.15) is 0 Å². The molecule has 0 spiro atoms. The summed E-state index contributed by atoms with van der Waals surface area (Å²) in [6.45, 7) is 0.628. The van der Waals surface area contributed by atoms with E-state index in [1.54, 1.807) is 24.3 Å². The smallest absolute Gasteiger partial charge is 0.265 e. The fourth-order valence-corrected chi connectivity index (χ4v) is 4.54. The lowest BCUT2D eigenvalue weighted by atomic mass is 10.1. The van der Waals surface area contributed by atoms with Crippen LogP contribution < -0.4 is 21.3 Å². The molecule has 0 radical (unpaired) electrons. The van der Waals surface area contributed by atoms with Gasteiger partial charge in [0.15, 0.2) is 0 Å². The van der Waals surface area contributed by atoms with Crippen molar-refractivity contribution in [1.29, 1.82) is 0 Å². The highest BCUT2D eigenvalue weighted by Gasteiger charge is 2.24. The van der Waals surface area contributed by atoms with E-state index < -0.39 is 6.04 Å². The Kier molecular flexibility index (Phi) is 6.18. The third kappa shape index (κ3) is 4.69. The summed E-state index contributed by atoms with van der Waals surface area (Å²) in [5.41, 5.74) is 1.71. The molecule has 7 nitrogen and oxygen atoms in total. The summed E-state index contributed by atoms with van der Waals surface area (Å²) in [6, 6.07) is 14.0. The van der Waals surface area contributed by atoms with Crippen LogP contribution in [0.3, 0.4) is 0 Å². The molecule has 1 aliphatic heterocycles. The molecule has 8 heteroatoms. The highest BCUT2D eigenvalue weighted by atomic mass is 32.1. The number of carbonyl (C=O) groups is 3. The number of hydrogen-bond donors (Lipinski definition) is 4. The predicted octanol–water partition coefficient (Wildman–Crippen LogP) is 3.59. The quantitative estimate of drug-likeness (QED) is 0.491. The molecule has 1 aromatic heterocycles. The second-order valence-electron chi connectivity index (χ2n) is 7.43. The molecule has 1 saturated heterocycles. The normalized spacial score (nSPS) is 16.3. The van der Waals surface area contributed by atoms with E-state index in [4.69, 9.17) is 0 Å². The molecule has 4 N–H and O–H groups in total. The van der Waals surface area contributed by atoms with Crippen LogP contribution in [0.25, 0.3) is 10.1 Å². The zero-order chi connectivity index (χ0) is 21.8. The Bertz CT molecular complexity index is 1140. The number of benzene rings is 2. The average molecular weight is 437 g/mol. The summed E-state index contributed by atoms with van der Waals surface area (Å²) in [7, 11) is 1.85. The molecule has 1 fully saturated rings. The van der Waals surface area contributed by atoms with Crippen LogP contribution in [-0.4, -0.2) is 37.4 Å². The first kappa shape index (κ1) is 20.9. The van der Waals surface area contributed by atoms with Crippen molar-refractivity contribution < 1.29 is 14.4 Å². The van der Waals surface area contributed by atoms with Gasteiger partial charge in [-0.25, -0.2) is 0 Å². The third-order valence-corrected chi connectivity index (χ3v) is 6.40. The topological polar surface area (TPSA) is 99.3 Å². The molecule has 3 amide bonds. The van der Waals surface area contributed by atoms with Crippen LogP contribution in [0.15, 0.2) is 48.5 Å². The van der Waals surface area contributed by atoms with Gasteiger partial charge in [0.1, 0.15) is 6.04 Å². The van der Waals surface area contributed by atoms with Crippen LogP contribution >= 0.6 is 11.3 Å². The van der Waals surface area contributed by atoms with Gasteiger partial charge in [-0.3, -0.25) is 14.4 Å². The molecule has 2 heterocycles. The van der Waals surface area contributed by atoms with Gasteiger partial charge in [0.2, 0.25) is 5.91 Å². The van der Waals surface area contributed by atoms with E-state index in [1.807, 2.05) is 31.3 Å². The lowest BCUT2D eigenvalue weighted by Gasteiger charge is -2.17. The van der Waals surface area contributed by atoms with Crippen molar-refractivity contribution in [2.24, 2.45) is 0 Å². The first-order valence-electron chi connectivity index (χ1n) is 10.3. The number of fused-ring (bicyclic) bond motifs is 1. The molecule has 31 heavy (non-hydrogen) atoms. The molecule has 4 rings (SSSR count). The number of carbonyl (C=O) groups excluding carboxylic acids is 3. The van der Waals surface area contributed by atoms with Crippen LogP contribution in [0, 0.1) is 0 Å². The third-order valence-electron chi connectivity index (χ3n) is 5.29. The molecule has 0 saturated carbocycles. The Labute approximate surface area is 184 Å². The predicted molar refractivity (Wildman–Crippen MR) is 124 cm³/mol. The van der Waals surface area contributed by atoms with E-state index in [-0.39, 0.29) is 17.7 Å². The van der Waals surface area contributed by atoms with Crippen LogP contribution in [0.5, 0.6) is 0 Å². The van der Waals surface area contributed by atoms with Crippen LogP contribution in [0.2, 0.25) is 0 Å². The molecular weight excluding hydrogens is 412 g/mol. The van der Waals surface area contributed by atoms with E-state index in [1.165, 1.54) is 11.3 Å². The van der Waals surface area contributed by atoms with E-state index in [0.717, 1.165) is 28.6 Å². The van der Waals surface area contributed by atoms with E-state index in [2.05, 4.69) is 21.3 Å². The zero-order valence-electron chi connectivity index (χ0n) is 17.2. The Morgan fingerprint density at radius 1 is 1.06 bits per heavy atom. The number of rotatable bonds is 5. The standard InChI is InChI=1S/C23H24N4O3S/c1-24-15-9-10-19-14(12-15)13-20(31-19)23(30)26-17-7-3-2-6-16(17)21(28)27-18-8-4-5-11-25-22(18)29/h2-3,6-7,9-10,12-13,18,24H,4-5,8,11H2,1H3,(H,25,29)(H,26,30)(H,27,28). The minimum Gasteiger partial charge on any atom is -0.388 e. The fourth-order valence-electron chi connectivity index (χ4n) is 3.60. The first-order valence-corrected chi connectivity index (χ1v) is 11.1. The van der Waals surface area contributed by atoms with Crippen LogP contribution in [0.1, 0.15) is 39.3 Å². The second kappa shape index (κ2) is 9.18. The first-order chi connectivity index (χ1) is 15.0. The van der Waals surface area contributed by atoms with Crippen molar-refractivity contribution in [2.75, 3.05) is 24.2 Å². The lowest BCUT2D eigenvalue weighted by molar-refractivity contribution is -0.122. The minimum atomic E-state index is -0.567. The van der Waals surface area contributed by atoms with Gasteiger partial charge >= 0.3 is 0 Å². The molecular formula is C23H24N4O3S. The van der Waals surface area contributed by atoms with Gasteiger partial charge in [0, 0.05) is 24.0 Å². The number of hydrogen-bond acceptors (Lipinski definition) is 5. The van der Waals surface area contributed by atoms with Crippen molar-refractivity contribution in [1.82, 2.24) is 10.6 Å². The Hall–Kier alpha value is -3.39. The highest BCUT2D eigenvalue weighted by Crippen LogP contribution is 2.29. The number of thiophene rings is 1. The largest absolute Gasteiger partial charge is 0.388 e. The summed E-state index contributed by atoms with van der Waals surface area (Å²) in [5.74, 6) is -0.828. The number of amides is 3. The van der Waals surface area contributed by atoms with Gasteiger partial charge < -0.3 is 21.3 Å². The minimum absolute atomic E-state index is 0.168. The van der Waals surface area contributed by atoms with Gasteiger partial charge in [-0.1, -0.05) is 12.1 Å². The Morgan fingerprint density at radius 3 is 2.74 bits per heavy atom. The van der Waals surface area contributed by atoms with E-state index in [9.17, 15) is 14.4 Å². The maximum Gasteiger partial charge on any atom is 0.265 e. The molecule has 1 unspecified atom stereocenters. The summed E-state index contributed by atoms with van der Waals surface area (Å²) >= 11 is 1.40. The van der Waals surface area contributed by atoms with Gasteiger partial charge in [0.05, 0.1) is 16.1 Å². The van der Waals surface area contributed by atoms with Crippen LogP contribution in [-0.2, 0) is 4.79 Å². The maximum atomic E-state index is 12.9. The summed E-state index contributed by atoms with van der Waals surface area (Å²) in [4.78, 5) is 38.5.